The number of hydrogen-bond donors (Lipinski definition) is 5. The molecule has 7 aromatic heterocycles. The van der Waals surface area contributed by atoms with Gasteiger partial charge in [-0.3, -0.25) is 14.4 Å². The Kier molecular flexibility index (Phi) is 22.7. The molecule has 100 heavy (non-hydrogen) atoms. The Morgan fingerprint density at radius 3 is 1.55 bits per heavy atom. The second-order valence-electron chi connectivity index (χ2n) is 31.4. The van der Waals surface area contributed by atoms with Gasteiger partial charge in [0.25, 0.3) is 0 Å². The van der Waals surface area contributed by atoms with Gasteiger partial charge in [-0.2, -0.15) is 5.10 Å². The highest BCUT2D eigenvalue weighted by Crippen LogP contribution is 2.45. The molecule has 12 heterocycles. The average molecular weight is 1370 g/mol. The third-order valence-corrected chi connectivity index (χ3v) is 22.8. The van der Waals surface area contributed by atoms with Gasteiger partial charge in [-0.1, -0.05) is 51.7 Å². The quantitative estimate of drug-likeness (QED) is 0.0450. The fraction of sp³-hybridized carbons (Fsp3) is 0.662. The number of anilines is 3. The number of carbonyl (C=O) groups excluding carboxylic acids is 1. The van der Waals surface area contributed by atoms with Crippen LogP contribution in [-0.2, 0) is 29.3 Å². The van der Waals surface area contributed by atoms with Gasteiger partial charge in [-0.15, -0.1) is 15.3 Å². The largest absolute Gasteiger partial charge is 0.393 e. The van der Waals surface area contributed by atoms with Gasteiger partial charge >= 0.3 is 0 Å². The summed E-state index contributed by atoms with van der Waals surface area (Å²) in [6.45, 7) is 23.4. The lowest BCUT2D eigenvalue weighted by atomic mass is 9.81. The Balaban J connectivity index is 0.000000135. The number of methoxy groups -OCH3 is 3. The van der Waals surface area contributed by atoms with Crippen LogP contribution in [0, 0.1) is 11.8 Å². The normalized spacial score (nSPS) is 26.5. The summed E-state index contributed by atoms with van der Waals surface area (Å²) in [6, 6.07) is 9.17. The molecule has 5 N–H and O–H groups in total. The minimum absolute atomic E-state index is 0.0951. The summed E-state index contributed by atoms with van der Waals surface area (Å²) in [7, 11) is 5.13. The summed E-state index contributed by atoms with van der Waals surface area (Å²) in [5.41, 5.74) is 14.5. The molecule has 6 fully saturated rings. The lowest BCUT2D eigenvalue weighted by Gasteiger charge is -2.35. The van der Waals surface area contributed by atoms with Crippen LogP contribution >= 0.6 is 0 Å². The molecule has 3 saturated carbocycles. The number of morpholine rings is 1. The predicted octanol–water partition coefficient (Wildman–Crippen LogP) is 12.1. The molecule has 0 spiro atoms. The zero-order valence-electron chi connectivity index (χ0n) is 61.5. The zero-order chi connectivity index (χ0) is 69.8. The van der Waals surface area contributed by atoms with Gasteiger partial charge in [-0.05, 0) is 166 Å². The first kappa shape index (κ1) is 71.5. The van der Waals surface area contributed by atoms with Crippen molar-refractivity contribution in [1.82, 2.24) is 68.7 Å². The minimum Gasteiger partial charge on any atom is -0.393 e. The van der Waals surface area contributed by atoms with Gasteiger partial charge in [0.15, 0.2) is 0 Å². The smallest absolute Gasteiger partial charge is 0.241 e. The highest BCUT2D eigenvalue weighted by atomic mass is 16.5. The minimum atomic E-state index is -0.198. The van der Waals surface area contributed by atoms with Gasteiger partial charge in [0, 0.05) is 147 Å². The molecule has 0 unspecified atom stereocenters. The van der Waals surface area contributed by atoms with Crippen LogP contribution in [0.3, 0.4) is 0 Å². The molecule has 7 atom stereocenters. The number of aliphatic hydroxyl groups is 1. The van der Waals surface area contributed by atoms with E-state index in [0.717, 1.165) is 124 Å². The van der Waals surface area contributed by atoms with Crippen LogP contribution in [-0.4, -0.2) is 197 Å². The van der Waals surface area contributed by atoms with E-state index in [1.165, 1.54) is 104 Å². The first-order chi connectivity index (χ1) is 48.4. The standard InChI is InChI=1S/C27H41N7O3.C26H37N5O2.C24H35N5O/c1-19(17-36-4)30-26-28-15-25-23(13-24(34(25)31-26)20-5-7-22(35)8-6-20)21-14-29-33(16-21)27(2,3)18-32-9-11-37-12-10-32;1-16-5-7-19(8-6-16)24-13-23(20-11-21-9-10-22(12-20)30(21)18(3)32)25-14-27-26(29-31(24)25)28-17(2)15-33-4;1-15-4-6-17(7-5-15)22-12-21(18-10-19-8-9-20(11-18)27-19)23-13-25-24(28-29(22)23)26-16(2)14-30-3/h13-16,19-20,22,35H,5-12,17-18H2,1-4H3,(H,30,31);11,13-14,16-17,19,21-22H,5-10,12,15H2,1-4H3,(H,28,29);10,12-13,15-17,19-20,27H,4-9,11,14H2,1-3H3,(H,26,28)/t19-,20?,22?;16?,17-,19?,21-,22+;15?,16-,17?,19-,20+/m000/s1. The third-order valence-electron chi connectivity index (χ3n) is 22.8. The SMILES string of the molecule is COC[C@H](C)Nc1ncc2c(-c3cnn(C(C)(C)CN4CCOCC4)c3)cc(C3CCC(O)CC3)n2n1.COC[C@H](C)Nc1ncc2c(C3=C[C@@H]4CC[C@H](C3)N4)cc(C3CCC(C)CC3)n2n1.COC[C@H](C)Nc1ncc2c(C3=C[C@@H]4CC[C@H](C3)N4C(C)=O)cc(C3CCC(C)CC3)n2n1. The van der Waals surface area contributed by atoms with Crippen molar-refractivity contribution in [3.05, 3.63) is 89.5 Å². The van der Waals surface area contributed by atoms with Gasteiger partial charge in [0.1, 0.15) is 0 Å². The summed E-state index contributed by atoms with van der Waals surface area (Å²) in [5, 5.41) is 43.5. The van der Waals surface area contributed by atoms with E-state index in [9.17, 15) is 9.90 Å². The van der Waals surface area contributed by atoms with E-state index in [1.54, 1.807) is 28.3 Å². The van der Waals surface area contributed by atoms with E-state index in [1.807, 2.05) is 29.3 Å². The van der Waals surface area contributed by atoms with E-state index >= 15 is 0 Å². The Hall–Kier alpha value is -6.86. The maximum atomic E-state index is 12.2. The molecule has 23 nitrogen and oxygen atoms in total. The van der Waals surface area contributed by atoms with Crippen LogP contribution in [0.2, 0.25) is 0 Å². The van der Waals surface area contributed by atoms with E-state index in [2.05, 4.69) is 145 Å². The van der Waals surface area contributed by atoms with E-state index in [0.29, 0.717) is 73.5 Å². The van der Waals surface area contributed by atoms with Gasteiger partial charge in [0.2, 0.25) is 23.8 Å². The second kappa shape index (κ2) is 31.8. The van der Waals surface area contributed by atoms with Crippen molar-refractivity contribution in [1.29, 1.82) is 0 Å². The Bertz CT molecular complexity index is 3950. The Morgan fingerprint density at radius 2 is 1.08 bits per heavy atom. The molecular weight excluding hydrogens is 1260 g/mol. The fourth-order valence-electron chi connectivity index (χ4n) is 17.5. The summed E-state index contributed by atoms with van der Waals surface area (Å²) in [6.07, 6.45) is 35.0. The number of rotatable bonds is 21. The fourth-order valence-corrected chi connectivity index (χ4v) is 17.5. The Morgan fingerprint density at radius 1 is 0.610 bits per heavy atom. The van der Waals surface area contributed by atoms with Crippen molar-refractivity contribution >= 4 is 51.4 Å². The van der Waals surface area contributed by atoms with Crippen LogP contribution < -0.4 is 21.3 Å². The number of nitrogens with one attached hydrogen (secondary N) is 4. The van der Waals surface area contributed by atoms with Crippen molar-refractivity contribution in [3.63, 3.8) is 0 Å². The van der Waals surface area contributed by atoms with E-state index < -0.39 is 0 Å². The molecule has 5 aliphatic heterocycles. The van der Waals surface area contributed by atoms with Gasteiger partial charge in [-0.25, -0.2) is 28.5 Å². The van der Waals surface area contributed by atoms with Gasteiger partial charge in [0.05, 0.1) is 92.1 Å². The maximum Gasteiger partial charge on any atom is 0.241 e. The van der Waals surface area contributed by atoms with Crippen LogP contribution in [0.25, 0.3) is 38.8 Å². The number of hydrogen-bond acceptors (Lipinski definition) is 18. The highest BCUT2D eigenvalue weighted by Gasteiger charge is 2.40. The predicted molar refractivity (Wildman–Crippen MR) is 394 cm³/mol. The summed E-state index contributed by atoms with van der Waals surface area (Å²) in [5.74, 6) is 5.20. The van der Waals surface area contributed by atoms with Crippen LogP contribution in [0.15, 0.2) is 61.3 Å². The summed E-state index contributed by atoms with van der Waals surface area (Å²) < 4.78 is 29.8. The third kappa shape index (κ3) is 16.3. The highest BCUT2D eigenvalue weighted by molar-refractivity contribution is 5.84. The molecule has 542 valence electrons. The number of aromatic nitrogens is 11. The molecule has 1 amide bonds. The Labute approximate surface area is 591 Å². The molecule has 0 radical (unpaired) electrons. The van der Waals surface area contributed by atoms with Crippen LogP contribution in [0.1, 0.15) is 217 Å². The molecule has 8 aliphatic rings. The maximum absolute atomic E-state index is 12.2. The average Bonchev–Trinajstić information content (AvgIpc) is 1.61. The molecule has 15 rings (SSSR count). The molecule has 3 aliphatic carbocycles. The first-order valence-electron chi connectivity index (χ1n) is 37.8. The number of fused-ring (bicyclic) bond motifs is 7. The van der Waals surface area contributed by atoms with Crippen molar-refractivity contribution in [2.45, 2.75) is 243 Å². The molecule has 7 aromatic rings. The number of ether oxygens (including phenoxy) is 4. The molecule has 0 aromatic carbocycles. The molecular formula is C77H113N17O6. The summed E-state index contributed by atoms with van der Waals surface area (Å²) >= 11 is 0. The first-order valence-corrected chi connectivity index (χ1v) is 37.8. The van der Waals surface area contributed by atoms with Crippen molar-refractivity contribution in [2.75, 3.05) is 89.9 Å². The molecule has 3 saturated heterocycles. The topological polar surface area (TPSA) is 237 Å². The molecule has 23 heteroatoms. The molecule has 4 bridgehead atoms. The number of aliphatic hydroxyl groups excluding tert-OH is 1. The summed E-state index contributed by atoms with van der Waals surface area (Å²) in [4.78, 5) is 30.7. The number of nitrogens with zero attached hydrogens (tertiary/aromatic N) is 13. The number of amides is 1. The zero-order valence-corrected chi connectivity index (χ0v) is 61.5. The van der Waals surface area contributed by atoms with Crippen molar-refractivity contribution in [3.8, 4) is 11.1 Å². The van der Waals surface area contributed by atoms with Crippen LogP contribution in [0.5, 0.6) is 0 Å². The lowest BCUT2D eigenvalue weighted by molar-refractivity contribution is -0.131. The monoisotopic (exact) mass is 1370 g/mol. The van der Waals surface area contributed by atoms with Gasteiger partial charge < -0.3 is 50.2 Å². The van der Waals surface area contributed by atoms with E-state index in [-0.39, 0.29) is 41.7 Å². The van der Waals surface area contributed by atoms with Crippen molar-refractivity contribution in [2.24, 2.45) is 11.8 Å². The second-order valence-corrected chi connectivity index (χ2v) is 31.4. The number of carbonyl (C=O) groups is 1. The lowest BCUT2D eigenvalue weighted by Crippen LogP contribution is -2.46. The van der Waals surface area contributed by atoms with Crippen molar-refractivity contribution < 1.29 is 28.8 Å². The van der Waals surface area contributed by atoms with E-state index in [4.69, 9.17) is 39.3 Å². The van der Waals surface area contributed by atoms with Crippen LogP contribution in [0.4, 0.5) is 17.8 Å².